The fraction of sp³-hybridized carbons (Fsp3) is 0.250. The van der Waals surface area contributed by atoms with E-state index in [0.29, 0.717) is 12.2 Å². The standard InChI is InChI=1S/C16H18N2O2/c1-3-20-16(19)14-9-15(11-17-10-14)18(2)12-13-7-5-4-6-8-13/h4-11H,3,12H2,1-2H3. The average Bonchev–Trinajstić information content (AvgIpc) is 2.48. The summed E-state index contributed by atoms with van der Waals surface area (Å²) in [6.45, 7) is 2.91. The van der Waals surface area contributed by atoms with Crippen molar-refractivity contribution in [2.75, 3.05) is 18.6 Å². The number of aromatic nitrogens is 1. The van der Waals surface area contributed by atoms with Crippen LogP contribution in [0, 0.1) is 0 Å². The van der Waals surface area contributed by atoms with Crippen molar-refractivity contribution in [3.8, 4) is 0 Å². The zero-order valence-corrected chi connectivity index (χ0v) is 11.7. The number of hydrogen-bond donors (Lipinski definition) is 0. The molecule has 0 N–H and O–H groups in total. The molecule has 4 heteroatoms. The molecule has 0 saturated carbocycles. The summed E-state index contributed by atoms with van der Waals surface area (Å²) < 4.78 is 4.98. The van der Waals surface area contributed by atoms with Gasteiger partial charge in [-0.2, -0.15) is 0 Å². The molecular formula is C16H18N2O2. The number of nitrogens with zero attached hydrogens (tertiary/aromatic N) is 2. The van der Waals surface area contributed by atoms with Gasteiger partial charge in [-0.15, -0.1) is 0 Å². The lowest BCUT2D eigenvalue weighted by molar-refractivity contribution is 0.0526. The maximum atomic E-state index is 11.7. The van der Waals surface area contributed by atoms with Crippen molar-refractivity contribution in [1.29, 1.82) is 0 Å². The van der Waals surface area contributed by atoms with Gasteiger partial charge in [-0.1, -0.05) is 30.3 Å². The molecule has 0 amide bonds. The van der Waals surface area contributed by atoms with E-state index in [9.17, 15) is 4.79 Å². The molecule has 2 aromatic rings. The van der Waals surface area contributed by atoms with Gasteiger partial charge in [-0.3, -0.25) is 4.98 Å². The molecule has 0 aliphatic rings. The maximum Gasteiger partial charge on any atom is 0.339 e. The van der Waals surface area contributed by atoms with E-state index in [1.54, 1.807) is 19.2 Å². The van der Waals surface area contributed by atoms with E-state index in [4.69, 9.17) is 4.74 Å². The molecule has 104 valence electrons. The lowest BCUT2D eigenvalue weighted by Gasteiger charge is -2.19. The molecule has 0 atom stereocenters. The van der Waals surface area contributed by atoms with E-state index in [1.165, 1.54) is 11.8 Å². The highest BCUT2D eigenvalue weighted by Gasteiger charge is 2.10. The largest absolute Gasteiger partial charge is 0.462 e. The zero-order chi connectivity index (χ0) is 14.4. The molecular weight excluding hydrogens is 252 g/mol. The maximum absolute atomic E-state index is 11.7. The van der Waals surface area contributed by atoms with E-state index < -0.39 is 0 Å². The first kappa shape index (κ1) is 14.1. The molecule has 4 nitrogen and oxygen atoms in total. The lowest BCUT2D eigenvalue weighted by Crippen LogP contribution is -2.17. The average molecular weight is 270 g/mol. The Kier molecular flexibility index (Phi) is 4.71. The van der Waals surface area contributed by atoms with Crippen LogP contribution in [0.5, 0.6) is 0 Å². The van der Waals surface area contributed by atoms with Gasteiger partial charge in [0.05, 0.1) is 24.1 Å². The molecule has 0 aliphatic carbocycles. The van der Waals surface area contributed by atoms with Crippen LogP contribution in [0.15, 0.2) is 48.8 Å². The van der Waals surface area contributed by atoms with Crippen LogP contribution in [-0.4, -0.2) is 24.6 Å². The number of anilines is 1. The van der Waals surface area contributed by atoms with E-state index in [2.05, 4.69) is 17.1 Å². The molecule has 0 radical (unpaired) electrons. The molecule has 0 saturated heterocycles. The highest BCUT2D eigenvalue weighted by atomic mass is 16.5. The Bertz CT molecular complexity index is 570. The minimum absolute atomic E-state index is 0.338. The summed E-state index contributed by atoms with van der Waals surface area (Å²) >= 11 is 0. The minimum atomic E-state index is -0.338. The molecule has 1 aromatic heterocycles. The Morgan fingerprint density at radius 2 is 2.00 bits per heavy atom. The summed E-state index contributed by atoms with van der Waals surface area (Å²) in [4.78, 5) is 17.9. The zero-order valence-electron chi connectivity index (χ0n) is 11.7. The van der Waals surface area contributed by atoms with Gasteiger partial charge in [-0.05, 0) is 18.6 Å². The van der Waals surface area contributed by atoms with Crippen LogP contribution in [0.2, 0.25) is 0 Å². The van der Waals surface area contributed by atoms with Crippen molar-refractivity contribution < 1.29 is 9.53 Å². The molecule has 0 aliphatic heterocycles. The van der Waals surface area contributed by atoms with Gasteiger partial charge in [0.25, 0.3) is 0 Å². The summed E-state index contributed by atoms with van der Waals surface area (Å²) in [5, 5.41) is 0. The SMILES string of the molecule is CCOC(=O)c1cncc(N(C)Cc2ccccc2)c1. The Labute approximate surface area is 119 Å². The molecule has 2 rings (SSSR count). The summed E-state index contributed by atoms with van der Waals surface area (Å²) in [5.41, 5.74) is 2.57. The van der Waals surface area contributed by atoms with E-state index in [-0.39, 0.29) is 5.97 Å². The quantitative estimate of drug-likeness (QED) is 0.783. The fourth-order valence-electron chi connectivity index (χ4n) is 1.91. The second-order valence-corrected chi connectivity index (χ2v) is 4.49. The highest BCUT2D eigenvalue weighted by Crippen LogP contribution is 2.16. The molecule has 0 bridgehead atoms. The van der Waals surface area contributed by atoms with Gasteiger partial charge in [0.15, 0.2) is 0 Å². The Hall–Kier alpha value is -2.36. The van der Waals surface area contributed by atoms with E-state index >= 15 is 0 Å². The number of carbonyl (C=O) groups is 1. The topological polar surface area (TPSA) is 42.4 Å². The van der Waals surface area contributed by atoms with E-state index in [1.807, 2.05) is 30.1 Å². The number of rotatable bonds is 5. The fourth-order valence-corrected chi connectivity index (χ4v) is 1.91. The third-order valence-corrected chi connectivity index (χ3v) is 2.94. The number of esters is 1. The third-order valence-electron chi connectivity index (χ3n) is 2.94. The van der Waals surface area contributed by atoms with Gasteiger partial charge in [0, 0.05) is 19.8 Å². The van der Waals surface area contributed by atoms with Gasteiger partial charge < -0.3 is 9.64 Å². The van der Waals surface area contributed by atoms with Crippen LogP contribution in [0.1, 0.15) is 22.8 Å². The molecule has 0 spiro atoms. The summed E-state index contributed by atoms with van der Waals surface area (Å²) in [6.07, 6.45) is 3.27. The van der Waals surface area contributed by atoms with Crippen LogP contribution in [0.4, 0.5) is 5.69 Å². The van der Waals surface area contributed by atoms with Crippen molar-refractivity contribution in [1.82, 2.24) is 4.98 Å². The minimum Gasteiger partial charge on any atom is -0.462 e. The van der Waals surface area contributed by atoms with Crippen LogP contribution in [0.25, 0.3) is 0 Å². The summed E-state index contributed by atoms with van der Waals surface area (Å²) in [5.74, 6) is -0.338. The first-order valence-corrected chi connectivity index (χ1v) is 6.58. The predicted molar refractivity (Wildman–Crippen MR) is 78.7 cm³/mol. The first-order chi connectivity index (χ1) is 9.70. The Morgan fingerprint density at radius 3 is 2.70 bits per heavy atom. The Morgan fingerprint density at radius 1 is 1.25 bits per heavy atom. The summed E-state index contributed by atoms with van der Waals surface area (Å²) in [7, 11) is 1.97. The number of hydrogen-bond acceptors (Lipinski definition) is 4. The summed E-state index contributed by atoms with van der Waals surface area (Å²) in [6, 6.07) is 11.9. The van der Waals surface area contributed by atoms with Gasteiger partial charge in [-0.25, -0.2) is 4.79 Å². The van der Waals surface area contributed by atoms with Crippen molar-refractivity contribution in [3.05, 3.63) is 59.9 Å². The molecule has 0 fully saturated rings. The van der Waals surface area contributed by atoms with Crippen molar-refractivity contribution >= 4 is 11.7 Å². The molecule has 20 heavy (non-hydrogen) atoms. The Balaban J connectivity index is 2.12. The predicted octanol–water partition coefficient (Wildman–Crippen LogP) is 2.89. The number of benzene rings is 1. The molecule has 0 unspecified atom stereocenters. The lowest BCUT2D eigenvalue weighted by atomic mass is 10.2. The third kappa shape index (κ3) is 3.57. The van der Waals surface area contributed by atoms with Crippen molar-refractivity contribution in [3.63, 3.8) is 0 Å². The number of ether oxygens (including phenoxy) is 1. The van der Waals surface area contributed by atoms with Gasteiger partial charge in [0.1, 0.15) is 0 Å². The number of carbonyl (C=O) groups excluding carboxylic acids is 1. The van der Waals surface area contributed by atoms with Crippen molar-refractivity contribution in [2.24, 2.45) is 0 Å². The van der Waals surface area contributed by atoms with Crippen LogP contribution < -0.4 is 4.90 Å². The second kappa shape index (κ2) is 6.70. The van der Waals surface area contributed by atoms with Crippen LogP contribution in [0.3, 0.4) is 0 Å². The first-order valence-electron chi connectivity index (χ1n) is 6.58. The van der Waals surface area contributed by atoms with Crippen LogP contribution >= 0.6 is 0 Å². The van der Waals surface area contributed by atoms with Crippen molar-refractivity contribution in [2.45, 2.75) is 13.5 Å². The smallest absolute Gasteiger partial charge is 0.339 e. The van der Waals surface area contributed by atoms with Gasteiger partial charge >= 0.3 is 5.97 Å². The molecule has 1 heterocycles. The van der Waals surface area contributed by atoms with Crippen LogP contribution in [-0.2, 0) is 11.3 Å². The van der Waals surface area contributed by atoms with E-state index in [0.717, 1.165) is 12.2 Å². The number of pyridine rings is 1. The second-order valence-electron chi connectivity index (χ2n) is 4.49. The monoisotopic (exact) mass is 270 g/mol. The highest BCUT2D eigenvalue weighted by molar-refractivity contribution is 5.90. The normalized spacial score (nSPS) is 10.1. The molecule has 1 aromatic carbocycles. The van der Waals surface area contributed by atoms with Gasteiger partial charge in [0.2, 0.25) is 0 Å².